The van der Waals surface area contributed by atoms with Crippen LogP contribution in [-0.4, -0.2) is 45.9 Å². The van der Waals surface area contributed by atoms with Crippen LogP contribution in [0.4, 0.5) is 5.69 Å². The van der Waals surface area contributed by atoms with E-state index < -0.39 is 6.10 Å². The zero-order valence-electron chi connectivity index (χ0n) is 11.4. The number of para-hydroxylation sites is 2. The van der Waals surface area contributed by atoms with Gasteiger partial charge in [0.25, 0.3) is 0 Å². The van der Waals surface area contributed by atoms with Gasteiger partial charge in [-0.15, -0.1) is 0 Å². The van der Waals surface area contributed by atoms with E-state index in [1.165, 1.54) is 0 Å². The first-order valence-corrected chi connectivity index (χ1v) is 6.99. The second-order valence-electron chi connectivity index (χ2n) is 4.48. The molecule has 0 saturated heterocycles. The molecule has 0 saturated carbocycles. The van der Waals surface area contributed by atoms with Gasteiger partial charge in [0, 0.05) is 12.7 Å². The van der Waals surface area contributed by atoms with Crippen molar-refractivity contribution in [1.29, 1.82) is 0 Å². The van der Waals surface area contributed by atoms with Crippen LogP contribution in [0.1, 0.15) is 0 Å². The summed E-state index contributed by atoms with van der Waals surface area (Å²) in [5.41, 5.74) is 0.767. The molecule has 1 atom stereocenters. The van der Waals surface area contributed by atoms with Crippen LogP contribution in [0, 0.1) is 0 Å². The van der Waals surface area contributed by atoms with E-state index in [-0.39, 0.29) is 13.2 Å². The van der Waals surface area contributed by atoms with Gasteiger partial charge in [-0.05, 0) is 12.1 Å². The predicted molar refractivity (Wildman–Crippen MR) is 80.8 cm³/mol. The lowest BCUT2D eigenvalue weighted by atomic mass is 10.2. The number of anilines is 1. The van der Waals surface area contributed by atoms with E-state index in [4.69, 9.17) is 21.4 Å². The summed E-state index contributed by atoms with van der Waals surface area (Å²) in [5.74, 6) is 0.681. The molecule has 0 aliphatic rings. The largest absolute Gasteiger partial charge is 0.489 e. The van der Waals surface area contributed by atoms with Gasteiger partial charge < -0.3 is 20.3 Å². The SMILES string of the molecule is OCC(O)CNc1ccccc1OCCn1cc(Cl)cn1. The molecule has 1 aromatic heterocycles. The third-order valence-corrected chi connectivity index (χ3v) is 3.00. The molecular weight excluding hydrogens is 294 g/mol. The molecule has 0 fully saturated rings. The van der Waals surface area contributed by atoms with E-state index in [0.29, 0.717) is 23.9 Å². The zero-order chi connectivity index (χ0) is 15.1. The second-order valence-corrected chi connectivity index (χ2v) is 4.92. The van der Waals surface area contributed by atoms with Gasteiger partial charge in [-0.3, -0.25) is 4.68 Å². The van der Waals surface area contributed by atoms with Crippen molar-refractivity contribution in [3.05, 3.63) is 41.7 Å². The minimum absolute atomic E-state index is 0.256. The number of nitrogens with one attached hydrogen (secondary N) is 1. The van der Waals surface area contributed by atoms with E-state index in [2.05, 4.69) is 10.4 Å². The Balaban J connectivity index is 1.87. The maximum Gasteiger partial charge on any atom is 0.142 e. The van der Waals surface area contributed by atoms with Crippen molar-refractivity contribution in [2.75, 3.05) is 25.1 Å². The van der Waals surface area contributed by atoms with E-state index in [1.54, 1.807) is 17.1 Å². The molecule has 21 heavy (non-hydrogen) atoms. The summed E-state index contributed by atoms with van der Waals surface area (Å²) in [6.07, 6.45) is 2.50. The maximum absolute atomic E-state index is 9.36. The van der Waals surface area contributed by atoms with Crippen molar-refractivity contribution in [3.63, 3.8) is 0 Å². The molecule has 6 nitrogen and oxygen atoms in total. The van der Waals surface area contributed by atoms with Crippen LogP contribution in [0.2, 0.25) is 5.02 Å². The molecule has 0 radical (unpaired) electrons. The number of rotatable bonds is 8. The summed E-state index contributed by atoms with van der Waals surface area (Å²) in [4.78, 5) is 0. The Hall–Kier alpha value is -1.76. The Morgan fingerprint density at radius 1 is 1.38 bits per heavy atom. The number of hydrogen-bond acceptors (Lipinski definition) is 5. The highest BCUT2D eigenvalue weighted by molar-refractivity contribution is 6.30. The lowest BCUT2D eigenvalue weighted by Crippen LogP contribution is -2.23. The van der Waals surface area contributed by atoms with Crippen LogP contribution in [-0.2, 0) is 6.54 Å². The highest BCUT2D eigenvalue weighted by atomic mass is 35.5. The Bertz CT molecular complexity index is 562. The average molecular weight is 312 g/mol. The molecule has 0 aliphatic heterocycles. The zero-order valence-corrected chi connectivity index (χ0v) is 12.2. The minimum atomic E-state index is -0.802. The van der Waals surface area contributed by atoms with Gasteiger partial charge in [-0.1, -0.05) is 23.7 Å². The maximum atomic E-state index is 9.36. The molecule has 7 heteroatoms. The average Bonchev–Trinajstić information content (AvgIpc) is 2.91. The number of halogens is 1. The van der Waals surface area contributed by atoms with Crippen molar-refractivity contribution >= 4 is 17.3 Å². The molecule has 0 spiro atoms. The first-order valence-electron chi connectivity index (χ1n) is 6.61. The number of hydrogen-bond donors (Lipinski definition) is 3. The van der Waals surface area contributed by atoms with Crippen molar-refractivity contribution in [3.8, 4) is 5.75 Å². The van der Waals surface area contributed by atoms with Crippen molar-refractivity contribution in [2.24, 2.45) is 0 Å². The lowest BCUT2D eigenvalue weighted by Gasteiger charge is -2.14. The fourth-order valence-corrected chi connectivity index (χ4v) is 1.90. The Kier molecular flexibility index (Phi) is 5.86. The van der Waals surface area contributed by atoms with Crippen LogP contribution in [0.15, 0.2) is 36.7 Å². The summed E-state index contributed by atoms with van der Waals surface area (Å²) in [6.45, 7) is 1.00. The van der Waals surface area contributed by atoms with Crippen LogP contribution in [0.5, 0.6) is 5.75 Å². The highest BCUT2D eigenvalue weighted by Crippen LogP contribution is 2.23. The van der Waals surface area contributed by atoms with Gasteiger partial charge >= 0.3 is 0 Å². The number of nitrogens with zero attached hydrogens (tertiary/aromatic N) is 2. The van der Waals surface area contributed by atoms with Gasteiger partial charge in [0.15, 0.2) is 0 Å². The number of aliphatic hydroxyl groups excluding tert-OH is 2. The third kappa shape index (κ3) is 4.93. The fraction of sp³-hybridized carbons (Fsp3) is 0.357. The summed E-state index contributed by atoms with van der Waals surface area (Å²) in [6, 6.07) is 7.43. The summed E-state index contributed by atoms with van der Waals surface area (Å²) < 4.78 is 7.41. The Morgan fingerprint density at radius 3 is 2.90 bits per heavy atom. The second kappa shape index (κ2) is 7.87. The minimum Gasteiger partial charge on any atom is -0.489 e. The molecule has 0 amide bonds. The normalized spacial score (nSPS) is 12.1. The fourth-order valence-electron chi connectivity index (χ4n) is 1.74. The van der Waals surface area contributed by atoms with E-state index >= 15 is 0 Å². The van der Waals surface area contributed by atoms with Gasteiger partial charge in [0.1, 0.15) is 12.4 Å². The number of ether oxygens (including phenoxy) is 1. The molecule has 0 aliphatic carbocycles. The van der Waals surface area contributed by atoms with Crippen LogP contribution in [0.25, 0.3) is 0 Å². The van der Waals surface area contributed by atoms with Gasteiger partial charge in [-0.25, -0.2) is 0 Å². The molecule has 2 aromatic rings. The first-order chi connectivity index (χ1) is 10.2. The topological polar surface area (TPSA) is 79.5 Å². The van der Waals surface area contributed by atoms with Crippen LogP contribution < -0.4 is 10.1 Å². The summed E-state index contributed by atoms with van der Waals surface area (Å²) in [5, 5.41) is 25.9. The van der Waals surface area contributed by atoms with Gasteiger partial charge in [0.2, 0.25) is 0 Å². The standard InChI is InChI=1S/C14H18ClN3O3/c15-11-7-17-18(9-11)5-6-21-14-4-2-1-3-13(14)16-8-12(20)10-19/h1-4,7,9,12,16,19-20H,5-6,8,10H2. The molecule has 1 heterocycles. The van der Waals surface area contributed by atoms with Crippen molar-refractivity contribution < 1.29 is 14.9 Å². The van der Waals surface area contributed by atoms with Crippen LogP contribution >= 0.6 is 11.6 Å². The van der Waals surface area contributed by atoms with Crippen molar-refractivity contribution in [1.82, 2.24) is 9.78 Å². The van der Waals surface area contributed by atoms with E-state index in [0.717, 1.165) is 5.69 Å². The number of aromatic nitrogens is 2. The van der Waals surface area contributed by atoms with E-state index in [1.807, 2.05) is 24.3 Å². The van der Waals surface area contributed by atoms with Crippen molar-refractivity contribution in [2.45, 2.75) is 12.6 Å². The van der Waals surface area contributed by atoms with Gasteiger partial charge in [0.05, 0.1) is 36.2 Å². The quantitative estimate of drug-likeness (QED) is 0.686. The molecule has 2 rings (SSSR count). The highest BCUT2D eigenvalue weighted by Gasteiger charge is 2.06. The Labute approximate surface area is 127 Å². The van der Waals surface area contributed by atoms with Gasteiger partial charge in [-0.2, -0.15) is 5.10 Å². The lowest BCUT2D eigenvalue weighted by molar-refractivity contribution is 0.105. The molecule has 1 aromatic carbocycles. The van der Waals surface area contributed by atoms with Crippen LogP contribution in [0.3, 0.4) is 0 Å². The predicted octanol–water partition coefficient (Wildman–Crippen LogP) is 1.38. The first kappa shape index (κ1) is 15.6. The molecule has 3 N–H and O–H groups in total. The summed E-state index contributed by atoms with van der Waals surface area (Å²) >= 11 is 5.79. The number of aliphatic hydroxyl groups is 2. The number of benzene rings is 1. The Morgan fingerprint density at radius 2 is 2.19 bits per heavy atom. The van der Waals surface area contributed by atoms with E-state index in [9.17, 15) is 5.11 Å². The molecule has 1 unspecified atom stereocenters. The monoisotopic (exact) mass is 311 g/mol. The molecule has 0 bridgehead atoms. The molecular formula is C14H18ClN3O3. The third-order valence-electron chi connectivity index (χ3n) is 2.81. The smallest absolute Gasteiger partial charge is 0.142 e. The summed E-state index contributed by atoms with van der Waals surface area (Å²) in [7, 11) is 0. The molecule has 114 valence electrons.